The minimum atomic E-state index is -0.842. The summed E-state index contributed by atoms with van der Waals surface area (Å²) in [5, 5.41) is 7.72. The molecule has 2 atom stereocenters. The molecule has 12 heteroatoms. The third kappa shape index (κ3) is 23.8. The lowest BCUT2D eigenvalue weighted by atomic mass is 9.94. The highest BCUT2D eigenvalue weighted by Gasteiger charge is 2.19. The molecule has 306 valence electrons. The first-order valence-corrected chi connectivity index (χ1v) is 20.5. The van der Waals surface area contributed by atoms with E-state index < -0.39 is 18.2 Å². The molecule has 0 spiro atoms. The molecule has 2 aromatic carbocycles. The van der Waals surface area contributed by atoms with Crippen LogP contribution in [0.2, 0.25) is 0 Å². The molecule has 2 aromatic rings. The van der Waals surface area contributed by atoms with Gasteiger partial charge in [0.25, 0.3) is 0 Å². The molecule has 0 saturated carbocycles. The summed E-state index contributed by atoms with van der Waals surface area (Å²) in [6.07, 6.45) is 15.7. The van der Waals surface area contributed by atoms with Crippen molar-refractivity contribution >= 4 is 30.0 Å². The molecule has 0 radical (unpaired) electrons. The second-order valence-corrected chi connectivity index (χ2v) is 14.0. The SMILES string of the molecule is CCCCCCCCC(CCCCCC)C(=O)OCCCCCCNC(=O)C(N)CCN=C(NC(=O)OCc1ccccc1)NC(=O)OCc1ccccc1. The second-order valence-electron chi connectivity index (χ2n) is 14.0. The molecule has 0 saturated heterocycles. The van der Waals surface area contributed by atoms with E-state index in [0.29, 0.717) is 13.2 Å². The Kier molecular flexibility index (Phi) is 26.2. The topological polar surface area (TPSA) is 170 Å². The van der Waals surface area contributed by atoms with Gasteiger partial charge in [-0.15, -0.1) is 0 Å². The van der Waals surface area contributed by atoms with Gasteiger partial charge >= 0.3 is 18.2 Å². The van der Waals surface area contributed by atoms with Crippen molar-refractivity contribution in [2.75, 3.05) is 19.7 Å². The maximum atomic E-state index is 12.9. The van der Waals surface area contributed by atoms with Crippen LogP contribution in [0.25, 0.3) is 0 Å². The molecule has 0 fully saturated rings. The van der Waals surface area contributed by atoms with Crippen molar-refractivity contribution in [1.29, 1.82) is 0 Å². The fourth-order valence-corrected chi connectivity index (χ4v) is 5.85. The van der Waals surface area contributed by atoms with Gasteiger partial charge in [0.15, 0.2) is 0 Å². The van der Waals surface area contributed by atoms with E-state index in [0.717, 1.165) is 62.5 Å². The van der Waals surface area contributed by atoms with Crippen LogP contribution in [0.15, 0.2) is 65.7 Å². The highest BCUT2D eigenvalue weighted by Crippen LogP contribution is 2.21. The van der Waals surface area contributed by atoms with Crippen molar-refractivity contribution in [3.05, 3.63) is 71.8 Å². The van der Waals surface area contributed by atoms with Crippen LogP contribution in [0.1, 0.15) is 134 Å². The summed E-state index contributed by atoms with van der Waals surface area (Å²) >= 11 is 0. The van der Waals surface area contributed by atoms with Gasteiger partial charge in [0.2, 0.25) is 11.9 Å². The van der Waals surface area contributed by atoms with Gasteiger partial charge in [0, 0.05) is 13.1 Å². The molecule has 5 N–H and O–H groups in total. The van der Waals surface area contributed by atoms with Crippen LogP contribution in [-0.2, 0) is 37.0 Å². The van der Waals surface area contributed by atoms with Crippen molar-refractivity contribution in [1.82, 2.24) is 16.0 Å². The molecule has 3 amide bonds. The number of guanidine groups is 1. The van der Waals surface area contributed by atoms with E-state index in [9.17, 15) is 19.2 Å². The number of hydrogen-bond donors (Lipinski definition) is 4. The number of carbonyl (C=O) groups is 4. The first kappa shape index (κ1) is 46.7. The fourth-order valence-electron chi connectivity index (χ4n) is 5.85. The van der Waals surface area contributed by atoms with E-state index >= 15 is 0 Å². The molecular weight excluding hydrogens is 699 g/mol. The zero-order chi connectivity index (χ0) is 39.8. The van der Waals surface area contributed by atoms with Crippen molar-refractivity contribution in [3.63, 3.8) is 0 Å². The predicted octanol–water partition coefficient (Wildman–Crippen LogP) is 8.47. The number of hydrogen-bond acceptors (Lipinski definition) is 9. The number of ether oxygens (including phenoxy) is 3. The third-order valence-electron chi connectivity index (χ3n) is 9.17. The number of amides is 3. The van der Waals surface area contributed by atoms with E-state index in [1.54, 1.807) is 0 Å². The van der Waals surface area contributed by atoms with Crippen LogP contribution in [0, 0.1) is 5.92 Å². The van der Waals surface area contributed by atoms with E-state index in [4.69, 9.17) is 19.9 Å². The number of esters is 1. The maximum absolute atomic E-state index is 12.9. The Hall–Kier alpha value is -4.45. The van der Waals surface area contributed by atoms with Crippen LogP contribution < -0.4 is 21.7 Å². The number of benzene rings is 2. The number of rotatable bonds is 28. The molecule has 0 aromatic heterocycles. The Morgan fingerprint density at radius 2 is 1.11 bits per heavy atom. The Morgan fingerprint density at radius 1 is 0.618 bits per heavy atom. The minimum Gasteiger partial charge on any atom is -0.465 e. The van der Waals surface area contributed by atoms with Crippen molar-refractivity contribution < 1.29 is 33.4 Å². The van der Waals surface area contributed by atoms with Gasteiger partial charge in [0.1, 0.15) is 13.2 Å². The number of nitrogens with two attached hydrogens (primary N) is 1. The summed E-state index contributed by atoms with van der Waals surface area (Å²) in [5.74, 6) is -0.531. The Balaban J connectivity index is 1.69. The third-order valence-corrected chi connectivity index (χ3v) is 9.17. The van der Waals surface area contributed by atoms with Crippen LogP contribution in [0.4, 0.5) is 9.59 Å². The monoisotopic (exact) mass is 766 g/mol. The average Bonchev–Trinajstić information content (AvgIpc) is 3.19. The van der Waals surface area contributed by atoms with Gasteiger partial charge in [-0.1, -0.05) is 145 Å². The van der Waals surface area contributed by atoms with E-state index in [1.165, 1.54) is 51.4 Å². The fraction of sp³-hybridized carbons (Fsp3) is 0.605. The molecule has 0 bridgehead atoms. The number of carbonyl (C=O) groups excluding carboxylic acids is 4. The van der Waals surface area contributed by atoms with Crippen molar-refractivity contribution in [3.8, 4) is 0 Å². The summed E-state index contributed by atoms with van der Waals surface area (Å²) < 4.78 is 16.2. The van der Waals surface area contributed by atoms with Gasteiger partial charge in [-0.05, 0) is 49.7 Å². The Labute approximate surface area is 329 Å². The van der Waals surface area contributed by atoms with E-state index in [1.807, 2.05) is 60.7 Å². The molecular formula is C43H67N5O7. The van der Waals surface area contributed by atoms with Gasteiger partial charge in [-0.25, -0.2) is 9.59 Å². The maximum Gasteiger partial charge on any atom is 0.414 e. The molecule has 0 aliphatic heterocycles. The molecule has 2 rings (SSSR count). The largest absolute Gasteiger partial charge is 0.465 e. The van der Waals surface area contributed by atoms with E-state index in [-0.39, 0.29) is 49.9 Å². The summed E-state index contributed by atoms with van der Waals surface area (Å²) in [7, 11) is 0. The smallest absolute Gasteiger partial charge is 0.414 e. The summed E-state index contributed by atoms with van der Waals surface area (Å²) in [4.78, 5) is 54.7. The van der Waals surface area contributed by atoms with Crippen LogP contribution in [0.3, 0.4) is 0 Å². The van der Waals surface area contributed by atoms with Crippen molar-refractivity contribution in [2.45, 2.75) is 142 Å². The minimum absolute atomic E-state index is 0.00938. The van der Waals surface area contributed by atoms with Crippen molar-refractivity contribution in [2.24, 2.45) is 16.6 Å². The number of nitrogens with zero attached hydrogens (tertiary/aromatic N) is 1. The number of unbranched alkanes of at least 4 members (excludes halogenated alkanes) is 11. The van der Waals surface area contributed by atoms with Gasteiger partial charge in [-0.3, -0.25) is 25.2 Å². The summed E-state index contributed by atoms with van der Waals surface area (Å²) in [6, 6.07) is 17.5. The molecule has 0 aliphatic rings. The Bertz CT molecular complexity index is 1300. The zero-order valence-electron chi connectivity index (χ0n) is 33.4. The Morgan fingerprint density at radius 3 is 1.67 bits per heavy atom. The number of alkyl carbamates (subject to hydrolysis) is 2. The highest BCUT2D eigenvalue weighted by molar-refractivity contribution is 6.01. The average molecular weight is 766 g/mol. The van der Waals surface area contributed by atoms with E-state index in [2.05, 4.69) is 34.8 Å². The first-order valence-electron chi connectivity index (χ1n) is 20.5. The molecule has 0 aliphatic carbocycles. The first-order chi connectivity index (χ1) is 26.8. The predicted molar refractivity (Wildman–Crippen MR) is 217 cm³/mol. The van der Waals surface area contributed by atoms with Gasteiger partial charge in [0.05, 0.1) is 18.6 Å². The molecule has 55 heavy (non-hydrogen) atoms. The zero-order valence-corrected chi connectivity index (χ0v) is 33.4. The number of aliphatic imine (C=N–C) groups is 1. The molecule has 12 nitrogen and oxygen atoms in total. The lowest BCUT2D eigenvalue weighted by Gasteiger charge is -2.16. The normalized spacial score (nSPS) is 11.8. The quantitative estimate of drug-likeness (QED) is 0.0220. The number of nitrogens with one attached hydrogen (secondary N) is 3. The highest BCUT2D eigenvalue weighted by atomic mass is 16.6. The standard InChI is InChI=1S/C43H67N5O7/c1-3-5-7-9-10-20-28-37(27-19-8-6-4-2)40(50)53-32-22-12-11-21-30-45-39(49)38(44)29-31-46-41(47-42(51)54-33-35-23-15-13-16-24-35)48-43(52)55-34-36-25-17-14-18-26-36/h13-18,23-26,37-38H,3-12,19-22,27-34,44H2,1-2H3,(H,45,49)(H2,46,47,48,51,52). The van der Waals surface area contributed by atoms with Gasteiger partial charge < -0.3 is 25.3 Å². The second kappa shape index (κ2) is 30.8. The molecule has 2 unspecified atom stereocenters. The summed E-state index contributed by atoms with van der Waals surface area (Å²) in [6.45, 7) is 5.42. The van der Waals surface area contributed by atoms with Crippen LogP contribution in [0.5, 0.6) is 0 Å². The van der Waals surface area contributed by atoms with Crippen LogP contribution in [-0.4, -0.2) is 55.8 Å². The lowest BCUT2D eigenvalue weighted by molar-refractivity contribution is -0.149. The lowest BCUT2D eigenvalue weighted by Crippen LogP contribution is -2.45. The summed E-state index contributed by atoms with van der Waals surface area (Å²) in [5.41, 5.74) is 7.70. The van der Waals surface area contributed by atoms with Crippen LogP contribution >= 0.6 is 0 Å². The molecule has 0 heterocycles. The van der Waals surface area contributed by atoms with Gasteiger partial charge in [-0.2, -0.15) is 0 Å².